The monoisotopic (exact) mass is 439 g/mol. The fourth-order valence-corrected chi connectivity index (χ4v) is 4.89. The van der Waals surface area contributed by atoms with Crippen LogP contribution in [0.15, 0.2) is 42.5 Å². The normalized spacial score (nSPS) is 20.0. The van der Waals surface area contributed by atoms with Gasteiger partial charge in [-0.25, -0.2) is 4.39 Å². The Labute approximate surface area is 188 Å². The minimum Gasteiger partial charge on any atom is -0.454 e. The second-order valence-corrected chi connectivity index (χ2v) is 8.93. The largest absolute Gasteiger partial charge is 0.454 e. The van der Waals surface area contributed by atoms with Gasteiger partial charge in [0.2, 0.25) is 12.7 Å². The summed E-state index contributed by atoms with van der Waals surface area (Å²) in [6, 6.07) is 13.1. The molecule has 2 aromatic carbocycles. The zero-order chi connectivity index (χ0) is 21.9. The number of piperidine rings is 1. The van der Waals surface area contributed by atoms with E-state index in [0.717, 1.165) is 75.7 Å². The molecule has 32 heavy (non-hydrogen) atoms. The summed E-state index contributed by atoms with van der Waals surface area (Å²) in [5, 5.41) is 0. The molecule has 0 radical (unpaired) electrons. The van der Waals surface area contributed by atoms with Crippen LogP contribution in [0.2, 0.25) is 0 Å². The third-order valence-corrected chi connectivity index (χ3v) is 6.82. The molecule has 0 N–H and O–H groups in total. The van der Waals surface area contributed by atoms with Crippen molar-refractivity contribution in [3.63, 3.8) is 0 Å². The molecule has 0 aliphatic carbocycles. The fourth-order valence-electron chi connectivity index (χ4n) is 4.89. The van der Waals surface area contributed by atoms with Gasteiger partial charge in [0.25, 0.3) is 0 Å². The van der Waals surface area contributed by atoms with Crippen molar-refractivity contribution < 1.29 is 18.7 Å². The Morgan fingerprint density at radius 1 is 0.875 bits per heavy atom. The van der Waals surface area contributed by atoms with E-state index in [-0.39, 0.29) is 11.7 Å². The lowest BCUT2D eigenvalue weighted by Crippen LogP contribution is -2.51. The number of fused-ring (bicyclic) bond motifs is 1. The van der Waals surface area contributed by atoms with E-state index in [1.165, 1.54) is 11.6 Å². The number of ether oxygens (including phenoxy) is 2. The summed E-state index contributed by atoms with van der Waals surface area (Å²) in [6.45, 7) is 6.76. The average molecular weight is 440 g/mol. The first kappa shape index (κ1) is 21.2. The molecule has 3 aliphatic heterocycles. The number of hydrogen-bond donors (Lipinski definition) is 0. The number of rotatable bonds is 5. The molecule has 0 atom stereocenters. The molecular formula is C25H30FN3O3. The maximum Gasteiger partial charge on any atom is 0.231 e. The van der Waals surface area contributed by atoms with Gasteiger partial charge in [0, 0.05) is 50.7 Å². The van der Waals surface area contributed by atoms with Crippen LogP contribution in [0.25, 0.3) is 0 Å². The van der Waals surface area contributed by atoms with Crippen molar-refractivity contribution in [2.45, 2.75) is 25.9 Å². The SMILES string of the molecule is O=C(C1CCN(Cc2ccccc2F)CC1)N1CCN(Cc2ccc3c(c2)OCO3)CC1. The average Bonchev–Trinajstić information content (AvgIpc) is 3.29. The summed E-state index contributed by atoms with van der Waals surface area (Å²) in [4.78, 5) is 19.7. The standard InChI is InChI=1S/C25H30FN3O3/c26-22-4-2-1-3-21(22)17-27-9-7-20(8-10-27)25(30)29-13-11-28(12-14-29)16-19-5-6-23-24(15-19)32-18-31-23/h1-6,15,20H,7-14,16-18H2. The van der Waals surface area contributed by atoms with Gasteiger partial charge in [-0.3, -0.25) is 14.6 Å². The number of likely N-dealkylation sites (tertiary alicyclic amines) is 1. The van der Waals surface area contributed by atoms with Gasteiger partial charge in [-0.1, -0.05) is 24.3 Å². The highest BCUT2D eigenvalue weighted by Crippen LogP contribution is 2.33. The highest BCUT2D eigenvalue weighted by atomic mass is 19.1. The van der Waals surface area contributed by atoms with E-state index >= 15 is 0 Å². The lowest BCUT2D eigenvalue weighted by atomic mass is 9.94. The number of carbonyl (C=O) groups excluding carboxylic acids is 1. The second kappa shape index (κ2) is 9.46. The van der Waals surface area contributed by atoms with E-state index in [4.69, 9.17) is 9.47 Å². The Morgan fingerprint density at radius 2 is 1.59 bits per heavy atom. The molecular weight excluding hydrogens is 409 g/mol. The van der Waals surface area contributed by atoms with Gasteiger partial charge >= 0.3 is 0 Å². The van der Waals surface area contributed by atoms with E-state index in [1.807, 2.05) is 23.1 Å². The number of hydrogen-bond acceptors (Lipinski definition) is 5. The van der Waals surface area contributed by atoms with Crippen LogP contribution in [0.1, 0.15) is 24.0 Å². The summed E-state index contributed by atoms with van der Waals surface area (Å²) in [5.41, 5.74) is 1.94. The number of benzene rings is 2. The van der Waals surface area contributed by atoms with Crippen LogP contribution in [0, 0.1) is 11.7 Å². The zero-order valence-corrected chi connectivity index (χ0v) is 18.3. The maximum absolute atomic E-state index is 13.9. The quantitative estimate of drug-likeness (QED) is 0.717. The Bertz CT molecular complexity index is 953. The van der Waals surface area contributed by atoms with E-state index in [2.05, 4.69) is 21.9 Å². The molecule has 1 amide bonds. The summed E-state index contributed by atoms with van der Waals surface area (Å²) in [5.74, 6) is 1.86. The summed E-state index contributed by atoms with van der Waals surface area (Å²) in [6.07, 6.45) is 1.70. The third-order valence-electron chi connectivity index (χ3n) is 6.82. The molecule has 3 aliphatic rings. The molecule has 0 saturated carbocycles. The highest BCUT2D eigenvalue weighted by Gasteiger charge is 2.30. The molecule has 2 saturated heterocycles. The van der Waals surface area contributed by atoms with Crippen LogP contribution < -0.4 is 9.47 Å². The van der Waals surface area contributed by atoms with Crippen LogP contribution in [0.5, 0.6) is 11.5 Å². The summed E-state index contributed by atoms with van der Waals surface area (Å²) < 4.78 is 24.8. The van der Waals surface area contributed by atoms with Crippen LogP contribution >= 0.6 is 0 Å². The number of piperazine rings is 1. The molecule has 3 heterocycles. The second-order valence-electron chi connectivity index (χ2n) is 8.93. The van der Waals surface area contributed by atoms with Crippen molar-refractivity contribution in [3.8, 4) is 11.5 Å². The van der Waals surface area contributed by atoms with Crippen LogP contribution in [-0.4, -0.2) is 66.7 Å². The first-order valence-electron chi connectivity index (χ1n) is 11.5. The van der Waals surface area contributed by atoms with Gasteiger partial charge in [0.15, 0.2) is 11.5 Å². The summed E-state index contributed by atoms with van der Waals surface area (Å²) >= 11 is 0. The first-order valence-corrected chi connectivity index (χ1v) is 11.5. The van der Waals surface area contributed by atoms with Crippen molar-refractivity contribution in [1.29, 1.82) is 0 Å². The van der Waals surface area contributed by atoms with Crippen molar-refractivity contribution >= 4 is 5.91 Å². The molecule has 170 valence electrons. The number of halogens is 1. The molecule has 0 unspecified atom stereocenters. The predicted octanol–water partition coefficient (Wildman–Crippen LogP) is 3.11. The lowest BCUT2D eigenvalue weighted by molar-refractivity contribution is -0.139. The lowest BCUT2D eigenvalue weighted by Gasteiger charge is -2.38. The van der Waals surface area contributed by atoms with E-state index in [0.29, 0.717) is 19.2 Å². The summed E-state index contributed by atoms with van der Waals surface area (Å²) in [7, 11) is 0. The minimum atomic E-state index is -0.149. The Kier molecular flexibility index (Phi) is 6.28. The Balaban J connectivity index is 1.07. The first-order chi connectivity index (χ1) is 15.7. The van der Waals surface area contributed by atoms with Crippen molar-refractivity contribution in [1.82, 2.24) is 14.7 Å². The Hall–Kier alpha value is -2.64. The number of amides is 1. The van der Waals surface area contributed by atoms with E-state index in [9.17, 15) is 9.18 Å². The van der Waals surface area contributed by atoms with Gasteiger partial charge in [-0.05, 0) is 49.7 Å². The Morgan fingerprint density at radius 3 is 2.38 bits per heavy atom. The predicted molar refractivity (Wildman–Crippen MR) is 119 cm³/mol. The van der Waals surface area contributed by atoms with Gasteiger partial charge in [-0.2, -0.15) is 0 Å². The van der Waals surface area contributed by atoms with E-state index in [1.54, 1.807) is 6.07 Å². The van der Waals surface area contributed by atoms with Gasteiger partial charge in [0.05, 0.1) is 0 Å². The van der Waals surface area contributed by atoms with Gasteiger partial charge < -0.3 is 14.4 Å². The van der Waals surface area contributed by atoms with Crippen molar-refractivity contribution in [3.05, 3.63) is 59.4 Å². The molecule has 6 nitrogen and oxygen atoms in total. The highest BCUT2D eigenvalue weighted by molar-refractivity contribution is 5.79. The molecule has 7 heteroatoms. The zero-order valence-electron chi connectivity index (χ0n) is 18.3. The van der Waals surface area contributed by atoms with Crippen molar-refractivity contribution in [2.75, 3.05) is 46.1 Å². The smallest absolute Gasteiger partial charge is 0.231 e. The molecule has 0 aromatic heterocycles. The van der Waals surface area contributed by atoms with Gasteiger partial charge in [0.1, 0.15) is 5.82 Å². The van der Waals surface area contributed by atoms with Crippen LogP contribution in [0.3, 0.4) is 0 Å². The fraction of sp³-hybridized carbons (Fsp3) is 0.480. The van der Waals surface area contributed by atoms with E-state index < -0.39 is 0 Å². The van der Waals surface area contributed by atoms with Crippen molar-refractivity contribution in [2.24, 2.45) is 5.92 Å². The van der Waals surface area contributed by atoms with Gasteiger partial charge in [-0.15, -0.1) is 0 Å². The molecule has 5 rings (SSSR count). The van der Waals surface area contributed by atoms with Crippen LogP contribution in [-0.2, 0) is 17.9 Å². The molecule has 0 bridgehead atoms. The number of carbonyl (C=O) groups is 1. The maximum atomic E-state index is 13.9. The minimum absolute atomic E-state index is 0.0901. The molecule has 2 aromatic rings. The topological polar surface area (TPSA) is 45.3 Å². The molecule has 2 fully saturated rings. The molecule has 0 spiro atoms. The number of nitrogens with zero attached hydrogens (tertiary/aromatic N) is 3. The van der Waals surface area contributed by atoms with Crippen LogP contribution in [0.4, 0.5) is 4.39 Å². The third kappa shape index (κ3) is 4.74.